The fraction of sp³-hybridized carbons (Fsp3) is 0.611. The summed E-state index contributed by atoms with van der Waals surface area (Å²) in [5.74, 6) is -17.3. The molecular formula is C54H81N15O19S6. The Labute approximate surface area is 563 Å². The lowest BCUT2D eigenvalue weighted by Gasteiger charge is -2.30. The molecule has 4 aliphatic rings. The standard InChI is InChI=1S/C54H79N15O17S6.H2O2/c1-6-30-45(76)62-31(14-24(2)3)46(77)67-38-23-92-89-19-34(48(79)64-33(54(85)86)15-27-9-11-28(70)12-10-27)60-41(72)17-57-42(73)25(4)58-47(78)35-20-90-91-21-36(49(80)61-30)66-44(75)29(55)18-87-88-22-37(68-51(38)82)50(81)63-32(16-40(56)71)53(84)69-13-7-8-39(69)52(83)59-26(5)43(74)65-35;1-2/h9-12,24-26,29-39,70H,6-8,13-23,55H2,1-5H3,(H2,56,71)(H,57,73)(H,58,78)(H,59,83)(H,60,72)(H,61,80)(H,62,76)(H,63,81)(H,64,79)(H,65,74)(H,66,75)(H,67,77)(H,68,82)(H,85,86);1-2H/t25-,26-,29-,30-,31-,32-,33-,34-,35?,36-,37-,38-,39?;/m0./s1. The molecule has 1 aromatic carbocycles. The topological polar surface area (TPSA) is 537 Å². The summed E-state index contributed by atoms with van der Waals surface area (Å²) in [7, 11) is 5.40. The number of nitrogens with two attached hydrogens (primary N) is 2. The van der Waals surface area contributed by atoms with Gasteiger partial charge in [0.1, 0.15) is 78.3 Å². The van der Waals surface area contributed by atoms with Gasteiger partial charge in [0, 0.05) is 47.5 Å². The maximum atomic E-state index is 14.9. The molecule has 0 radical (unpaired) electrons. The SMILES string of the molecule is CC[C@@H]1NC(=O)[C@@H]2CSSCC3NC(=O)[C@H](C)NC(=O)C4CCCN4C(=O)[C@H](CC(N)=O)NC(=O)[C@H](CSSC[C@H](N)C(=O)N2)NC(=O)[C@H](CSSC[C@@H](C(=O)N[C@@H](Cc2ccc(O)cc2)C(=O)O)NC(=O)CNC(=O)[C@H](C)NC3=O)NC(=O)[C@H](CC(C)C)NC1=O.OO. The van der Waals surface area contributed by atoms with Crippen LogP contribution in [0.5, 0.6) is 5.75 Å². The van der Waals surface area contributed by atoms with Crippen LogP contribution in [0.2, 0.25) is 0 Å². The van der Waals surface area contributed by atoms with Crippen LogP contribution in [0.1, 0.15) is 72.3 Å². The molecule has 0 saturated carbocycles. The van der Waals surface area contributed by atoms with Gasteiger partial charge in [-0.05, 0) is 63.1 Å². The second kappa shape index (κ2) is 39.8. The highest BCUT2D eigenvalue weighted by Gasteiger charge is 2.41. The summed E-state index contributed by atoms with van der Waals surface area (Å²) in [4.78, 5) is 211. The maximum absolute atomic E-state index is 14.9. The van der Waals surface area contributed by atoms with E-state index in [-0.39, 0.29) is 73.3 Å². The molecular weight excluding hydrogens is 1360 g/mol. The summed E-state index contributed by atoms with van der Waals surface area (Å²) in [5.41, 5.74) is 12.4. The number of phenols is 1. The van der Waals surface area contributed by atoms with Crippen LogP contribution < -0.4 is 75.3 Å². The van der Waals surface area contributed by atoms with E-state index >= 15 is 0 Å². The van der Waals surface area contributed by atoms with Crippen LogP contribution in [0.25, 0.3) is 0 Å². The molecule has 4 heterocycles. The van der Waals surface area contributed by atoms with Gasteiger partial charge in [0.25, 0.3) is 0 Å². The number of carboxylic acids is 1. The molecule has 4 saturated heterocycles. The molecule has 0 aromatic heterocycles. The van der Waals surface area contributed by atoms with E-state index in [1.165, 1.54) is 38.1 Å². The number of fused-ring (bicyclic) bond motifs is 20. The molecule has 4 bridgehead atoms. The Morgan fingerprint density at radius 3 is 1.62 bits per heavy atom. The number of amides is 14. The van der Waals surface area contributed by atoms with Crippen molar-refractivity contribution in [2.45, 2.75) is 152 Å². The molecule has 5 rings (SSSR count). The lowest BCUT2D eigenvalue weighted by molar-refractivity contribution is -0.176. The van der Waals surface area contributed by atoms with Crippen molar-refractivity contribution in [1.29, 1.82) is 0 Å². The molecule has 4 aliphatic heterocycles. The number of aromatic hydroxyl groups is 1. The second-order valence-electron chi connectivity index (χ2n) is 22.2. The van der Waals surface area contributed by atoms with E-state index in [2.05, 4.69) is 63.8 Å². The van der Waals surface area contributed by atoms with E-state index in [0.29, 0.717) is 5.56 Å². The Bertz CT molecular complexity index is 2910. The number of carboxylic acid groups (broad SMARTS) is 1. The number of carbonyl (C=O) groups is 15. The lowest BCUT2D eigenvalue weighted by atomic mass is 10.0. The third-order valence-corrected chi connectivity index (χ3v) is 21.6. The Kier molecular flexibility index (Phi) is 33.7. The summed E-state index contributed by atoms with van der Waals surface area (Å²) < 4.78 is 0. The second-order valence-corrected chi connectivity index (χ2v) is 29.9. The summed E-state index contributed by atoms with van der Waals surface area (Å²) in [6.45, 7) is 6.67. The highest BCUT2D eigenvalue weighted by molar-refractivity contribution is 8.77. The van der Waals surface area contributed by atoms with Crippen molar-refractivity contribution in [3.63, 3.8) is 0 Å². The zero-order valence-electron chi connectivity index (χ0n) is 51.8. The van der Waals surface area contributed by atoms with E-state index in [9.17, 15) is 82.1 Å². The number of hydrogen-bond acceptors (Lipinski definition) is 25. The molecule has 0 aliphatic carbocycles. The molecule has 1 aromatic rings. The quantitative estimate of drug-likeness (QED) is 0.0453. The molecule has 522 valence electrons. The number of aliphatic carboxylic acids is 1. The number of phenolic OH excluding ortho intramolecular Hbond substituents is 1. The van der Waals surface area contributed by atoms with Gasteiger partial charge in [-0.2, -0.15) is 0 Å². The average molecular weight is 1440 g/mol. The molecule has 4 fully saturated rings. The van der Waals surface area contributed by atoms with Crippen molar-refractivity contribution in [2.24, 2.45) is 17.4 Å². The largest absolute Gasteiger partial charge is 0.508 e. The van der Waals surface area contributed by atoms with Gasteiger partial charge >= 0.3 is 5.97 Å². The summed E-state index contributed by atoms with van der Waals surface area (Å²) in [6, 6.07) is -14.1. The number of carbonyl (C=O) groups excluding carboxylic acids is 14. The third-order valence-electron chi connectivity index (χ3n) is 14.3. The van der Waals surface area contributed by atoms with E-state index in [1.54, 1.807) is 20.8 Å². The van der Waals surface area contributed by atoms with Crippen molar-refractivity contribution in [3.8, 4) is 5.75 Å². The van der Waals surface area contributed by atoms with E-state index in [4.69, 9.17) is 22.0 Å². The fourth-order valence-corrected chi connectivity index (χ4v) is 16.2. The van der Waals surface area contributed by atoms with Crippen molar-refractivity contribution in [3.05, 3.63) is 29.8 Å². The number of primary amides is 1. The molecule has 20 N–H and O–H groups in total. The first-order valence-corrected chi connectivity index (χ1v) is 36.9. The van der Waals surface area contributed by atoms with Crippen molar-refractivity contribution in [2.75, 3.05) is 47.6 Å². The maximum Gasteiger partial charge on any atom is 0.326 e. The smallest absolute Gasteiger partial charge is 0.326 e. The Hall–Kier alpha value is -6.95. The highest BCUT2D eigenvalue weighted by Crippen LogP contribution is 2.28. The molecule has 0 spiro atoms. The van der Waals surface area contributed by atoms with Gasteiger partial charge in [-0.3, -0.25) is 77.6 Å². The average Bonchev–Trinajstić information content (AvgIpc) is 1.62. The minimum absolute atomic E-state index is 0.0470. The fourth-order valence-electron chi connectivity index (χ4n) is 9.25. The Balaban J connectivity index is 0.00000931. The summed E-state index contributed by atoms with van der Waals surface area (Å²) in [6.07, 6.45) is -0.906. The Morgan fingerprint density at radius 2 is 1.06 bits per heavy atom. The first kappa shape index (κ1) is 79.5. The van der Waals surface area contributed by atoms with Gasteiger partial charge in [0.15, 0.2) is 0 Å². The number of nitrogens with one attached hydrogen (secondary N) is 12. The van der Waals surface area contributed by atoms with Crippen molar-refractivity contribution >= 4 is 153 Å². The monoisotopic (exact) mass is 1440 g/mol. The molecule has 2 unspecified atom stereocenters. The molecule has 40 heteroatoms. The van der Waals surface area contributed by atoms with Crippen LogP contribution in [-0.4, -0.2) is 240 Å². The van der Waals surface area contributed by atoms with Gasteiger partial charge in [-0.1, -0.05) is 97.7 Å². The van der Waals surface area contributed by atoms with Crippen LogP contribution >= 0.6 is 64.8 Å². The molecule has 14 amide bonds. The van der Waals surface area contributed by atoms with Gasteiger partial charge in [-0.25, -0.2) is 4.79 Å². The van der Waals surface area contributed by atoms with Crippen LogP contribution in [0, 0.1) is 5.92 Å². The predicted molar refractivity (Wildman–Crippen MR) is 351 cm³/mol. The van der Waals surface area contributed by atoms with Crippen LogP contribution in [0.4, 0.5) is 0 Å². The van der Waals surface area contributed by atoms with Gasteiger partial charge in [0.05, 0.1) is 19.0 Å². The summed E-state index contributed by atoms with van der Waals surface area (Å²) >= 11 is 0. The zero-order valence-corrected chi connectivity index (χ0v) is 56.7. The molecule has 13 atom stereocenters. The number of hydrogen-bond donors (Lipinski definition) is 18. The first-order chi connectivity index (χ1) is 44.5. The molecule has 94 heavy (non-hydrogen) atoms. The van der Waals surface area contributed by atoms with E-state index < -0.39 is 192 Å². The normalized spacial score (nSPS) is 28.1. The lowest BCUT2D eigenvalue weighted by Crippen LogP contribution is -2.61. The molecule has 34 nitrogen and oxygen atoms in total. The highest BCUT2D eigenvalue weighted by atomic mass is 33.1. The minimum Gasteiger partial charge on any atom is -0.508 e. The van der Waals surface area contributed by atoms with E-state index in [1.807, 2.05) is 0 Å². The van der Waals surface area contributed by atoms with Crippen molar-refractivity contribution in [1.82, 2.24) is 68.7 Å². The number of nitrogens with zero attached hydrogens (tertiary/aromatic N) is 1. The van der Waals surface area contributed by atoms with Gasteiger partial charge in [0.2, 0.25) is 82.7 Å². The minimum atomic E-state index is -1.77. The Morgan fingerprint density at radius 1 is 0.596 bits per heavy atom. The zero-order chi connectivity index (χ0) is 69.9. The number of rotatable bonds is 10. The first-order valence-electron chi connectivity index (χ1n) is 29.4. The van der Waals surface area contributed by atoms with Gasteiger partial charge in [-0.15, -0.1) is 0 Å². The van der Waals surface area contributed by atoms with Crippen LogP contribution in [-0.2, 0) is 78.3 Å². The van der Waals surface area contributed by atoms with Crippen LogP contribution in [0.15, 0.2) is 24.3 Å². The summed E-state index contributed by atoms with van der Waals surface area (Å²) in [5, 5.41) is 62.4. The number of benzene rings is 1. The van der Waals surface area contributed by atoms with Crippen LogP contribution in [0.3, 0.4) is 0 Å². The van der Waals surface area contributed by atoms with Gasteiger partial charge < -0.3 is 90.4 Å². The van der Waals surface area contributed by atoms with E-state index in [0.717, 1.165) is 69.7 Å². The third kappa shape index (κ3) is 25.6. The van der Waals surface area contributed by atoms with Crippen molar-refractivity contribution < 1.29 is 92.6 Å². The predicted octanol–water partition coefficient (Wildman–Crippen LogP) is -4.64.